The van der Waals surface area contributed by atoms with Gasteiger partial charge in [-0.1, -0.05) is 32.7 Å². The second kappa shape index (κ2) is 6.13. The zero-order valence-corrected chi connectivity index (χ0v) is 11.9. The standard InChI is InChI=1S/C13H21N3S/c1-5-6-16(8-14)13-9(2)7-12(15-17)10(3)11(13)4/h7,10,12,15,17H,5-6H2,1-4H3/t10?,12-/m1/s1. The molecule has 0 aromatic heterocycles. The van der Waals surface area contributed by atoms with E-state index in [1.807, 2.05) is 0 Å². The highest BCUT2D eigenvalue weighted by Crippen LogP contribution is 2.31. The van der Waals surface area contributed by atoms with E-state index in [4.69, 9.17) is 0 Å². The lowest BCUT2D eigenvalue weighted by Crippen LogP contribution is -2.34. The molecule has 4 heteroatoms. The molecule has 0 bridgehead atoms. The molecule has 1 N–H and O–H groups in total. The minimum absolute atomic E-state index is 0.240. The molecule has 17 heavy (non-hydrogen) atoms. The predicted molar refractivity (Wildman–Crippen MR) is 74.1 cm³/mol. The molecule has 0 aromatic rings. The fourth-order valence-electron chi connectivity index (χ4n) is 2.30. The van der Waals surface area contributed by atoms with E-state index in [2.05, 4.69) is 57.5 Å². The van der Waals surface area contributed by atoms with E-state index in [-0.39, 0.29) is 6.04 Å². The normalized spacial score (nSPS) is 24.4. The second-order valence-electron chi connectivity index (χ2n) is 4.58. The van der Waals surface area contributed by atoms with Gasteiger partial charge >= 0.3 is 0 Å². The number of thiol groups is 1. The van der Waals surface area contributed by atoms with E-state index < -0.39 is 0 Å². The Labute approximate surface area is 110 Å². The van der Waals surface area contributed by atoms with Crippen molar-refractivity contribution >= 4 is 12.8 Å². The number of nitrogens with one attached hydrogen (secondary N) is 1. The zero-order valence-electron chi connectivity index (χ0n) is 11.0. The first-order valence-electron chi connectivity index (χ1n) is 6.03. The molecule has 1 unspecified atom stereocenters. The molecule has 3 nitrogen and oxygen atoms in total. The van der Waals surface area contributed by atoms with Crippen LogP contribution in [0.4, 0.5) is 0 Å². The molecule has 1 aliphatic carbocycles. The summed E-state index contributed by atoms with van der Waals surface area (Å²) in [7, 11) is 0. The summed E-state index contributed by atoms with van der Waals surface area (Å²) in [6, 6.07) is 0.240. The Morgan fingerprint density at radius 2 is 2.18 bits per heavy atom. The van der Waals surface area contributed by atoms with Gasteiger partial charge in [0.05, 0.1) is 5.70 Å². The third kappa shape index (κ3) is 2.85. The summed E-state index contributed by atoms with van der Waals surface area (Å²) >= 11 is 4.15. The number of allylic oxidation sites excluding steroid dienone is 1. The molecule has 0 saturated carbocycles. The summed E-state index contributed by atoms with van der Waals surface area (Å²) in [4.78, 5) is 1.80. The van der Waals surface area contributed by atoms with Crippen molar-refractivity contribution in [1.29, 1.82) is 5.26 Å². The third-order valence-corrected chi connectivity index (χ3v) is 3.68. The Morgan fingerprint density at radius 1 is 1.53 bits per heavy atom. The zero-order chi connectivity index (χ0) is 13.0. The molecule has 0 aliphatic heterocycles. The van der Waals surface area contributed by atoms with E-state index in [1.165, 1.54) is 5.57 Å². The van der Waals surface area contributed by atoms with Crippen LogP contribution in [0.25, 0.3) is 0 Å². The number of hydrogen-bond donors (Lipinski definition) is 2. The molecule has 0 radical (unpaired) electrons. The lowest BCUT2D eigenvalue weighted by molar-refractivity contribution is 0.449. The highest BCUT2D eigenvalue weighted by Gasteiger charge is 2.26. The van der Waals surface area contributed by atoms with Crippen LogP contribution in [-0.4, -0.2) is 17.5 Å². The maximum Gasteiger partial charge on any atom is 0.184 e. The van der Waals surface area contributed by atoms with Gasteiger partial charge in [-0.2, -0.15) is 5.26 Å². The van der Waals surface area contributed by atoms with E-state index in [1.54, 1.807) is 4.90 Å². The first-order chi connectivity index (χ1) is 8.06. The van der Waals surface area contributed by atoms with Crippen LogP contribution in [0.1, 0.15) is 34.1 Å². The van der Waals surface area contributed by atoms with Crippen LogP contribution in [0.2, 0.25) is 0 Å². The summed E-state index contributed by atoms with van der Waals surface area (Å²) in [6.45, 7) is 9.19. The molecule has 94 valence electrons. The maximum absolute atomic E-state index is 9.24. The molecule has 0 aromatic carbocycles. The average Bonchev–Trinajstić information content (AvgIpc) is 2.32. The van der Waals surface area contributed by atoms with E-state index >= 15 is 0 Å². The van der Waals surface area contributed by atoms with Crippen molar-refractivity contribution < 1.29 is 0 Å². The van der Waals surface area contributed by atoms with Gasteiger partial charge < -0.3 is 0 Å². The largest absolute Gasteiger partial charge is 0.279 e. The van der Waals surface area contributed by atoms with E-state index in [9.17, 15) is 5.26 Å². The number of hydrogen-bond acceptors (Lipinski definition) is 4. The monoisotopic (exact) mass is 251 g/mol. The Kier molecular flexibility index (Phi) is 5.10. The number of nitriles is 1. The van der Waals surface area contributed by atoms with E-state index in [0.29, 0.717) is 5.92 Å². The molecule has 2 atom stereocenters. The number of nitrogens with zero attached hydrogens (tertiary/aromatic N) is 2. The number of rotatable bonds is 4. The highest BCUT2D eigenvalue weighted by molar-refractivity contribution is 7.78. The topological polar surface area (TPSA) is 39.1 Å². The Hall–Kier alpha value is -0.920. The quantitative estimate of drug-likeness (QED) is 0.458. The second-order valence-corrected chi connectivity index (χ2v) is 4.83. The van der Waals surface area contributed by atoms with Crippen molar-refractivity contribution in [2.45, 2.75) is 40.2 Å². The van der Waals surface area contributed by atoms with Crippen LogP contribution in [-0.2, 0) is 0 Å². The molecular formula is C13H21N3S. The minimum atomic E-state index is 0.240. The van der Waals surface area contributed by atoms with Crippen LogP contribution in [0.15, 0.2) is 22.9 Å². The van der Waals surface area contributed by atoms with Crippen LogP contribution >= 0.6 is 12.8 Å². The molecule has 1 rings (SSSR count). The van der Waals surface area contributed by atoms with Crippen molar-refractivity contribution in [3.63, 3.8) is 0 Å². The van der Waals surface area contributed by atoms with Gasteiger partial charge in [-0.05, 0) is 37.3 Å². The van der Waals surface area contributed by atoms with Gasteiger partial charge in [0.1, 0.15) is 0 Å². The third-order valence-electron chi connectivity index (χ3n) is 3.39. The summed E-state index contributed by atoms with van der Waals surface area (Å²) in [5.41, 5.74) is 3.50. The fraction of sp³-hybridized carbons (Fsp3) is 0.615. The van der Waals surface area contributed by atoms with Gasteiger partial charge in [-0.15, -0.1) is 0 Å². The van der Waals surface area contributed by atoms with Crippen LogP contribution < -0.4 is 4.72 Å². The van der Waals surface area contributed by atoms with E-state index in [0.717, 1.165) is 24.2 Å². The van der Waals surface area contributed by atoms with Gasteiger partial charge in [0.2, 0.25) is 0 Å². The van der Waals surface area contributed by atoms with Crippen LogP contribution in [0.5, 0.6) is 0 Å². The van der Waals surface area contributed by atoms with Gasteiger partial charge in [-0.25, -0.2) is 0 Å². The molecule has 0 amide bonds. The highest BCUT2D eigenvalue weighted by atomic mass is 32.1. The van der Waals surface area contributed by atoms with Crippen molar-refractivity contribution in [3.8, 4) is 6.19 Å². The summed E-state index contributed by atoms with van der Waals surface area (Å²) in [5.74, 6) is 0.360. The smallest absolute Gasteiger partial charge is 0.184 e. The van der Waals surface area contributed by atoms with Crippen molar-refractivity contribution in [2.24, 2.45) is 5.92 Å². The molecule has 0 spiro atoms. The SMILES string of the molecule is CCCN(C#N)C1=C(C)C(C)[C@H](NS)C=C1C. The maximum atomic E-state index is 9.24. The molecule has 0 fully saturated rings. The fourth-order valence-corrected chi connectivity index (χ4v) is 2.60. The summed E-state index contributed by atoms with van der Waals surface area (Å²) in [6.07, 6.45) is 5.41. The van der Waals surface area contributed by atoms with Crippen molar-refractivity contribution in [2.75, 3.05) is 6.54 Å². The molecule has 0 saturated heterocycles. The van der Waals surface area contributed by atoms with Gasteiger partial charge in [0.15, 0.2) is 6.19 Å². The first kappa shape index (κ1) is 14.1. The summed E-state index contributed by atoms with van der Waals surface area (Å²) in [5, 5.41) is 9.24. The van der Waals surface area contributed by atoms with Crippen LogP contribution in [0, 0.1) is 17.4 Å². The molecule has 0 heterocycles. The van der Waals surface area contributed by atoms with Crippen molar-refractivity contribution in [3.05, 3.63) is 22.9 Å². The Morgan fingerprint density at radius 3 is 2.65 bits per heavy atom. The minimum Gasteiger partial charge on any atom is -0.279 e. The Bertz CT molecular complexity index is 379. The summed E-state index contributed by atoms with van der Waals surface area (Å²) < 4.78 is 3.01. The predicted octanol–water partition coefficient (Wildman–Crippen LogP) is 2.85. The van der Waals surface area contributed by atoms with Gasteiger partial charge in [0, 0.05) is 12.6 Å². The van der Waals surface area contributed by atoms with Gasteiger partial charge in [-0.3, -0.25) is 9.62 Å². The lowest BCUT2D eigenvalue weighted by atomic mass is 9.85. The molecule has 1 aliphatic rings. The molecular weight excluding hydrogens is 230 g/mol. The Balaban J connectivity index is 3.10. The van der Waals surface area contributed by atoms with Crippen LogP contribution in [0.3, 0.4) is 0 Å². The van der Waals surface area contributed by atoms with Crippen molar-refractivity contribution in [1.82, 2.24) is 9.62 Å². The lowest BCUT2D eigenvalue weighted by Gasteiger charge is -2.32. The average molecular weight is 251 g/mol. The van der Waals surface area contributed by atoms with Gasteiger partial charge in [0.25, 0.3) is 0 Å². The first-order valence-corrected chi connectivity index (χ1v) is 6.48.